The van der Waals surface area contributed by atoms with Crippen molar-refractivity contribution in [2.45, 2.75) is 19.4 Å². The second kappa shape index (κ2) is 6.27. The van der Waals surface area contributed by atoms with E-state index in [-0.39, 0.29) is 11.7 Å². The predicted molar refractivity (Wildman–Crippen MR) is 81.1 cm³/mol. The third kappa shape index (κ3) is 3.01. The fourth-order valence-electron chi connectivity index (χ4n) is 2.63. The molecule has 0 fully saturated rings. The van der Waals surface area contributed by atoms with Crippen molar-refractivity contribution in [3.63, 3.8) is 0 Å². The van der Waals surface area contributed by atoms with E-state index in [0.29, 0.717) is 25.2 Å². The van der Waals surface area contributed by atoms with Crippen molar-refractivity contribution in [2.75, 3.05) is 20.1 Å². The van der Waals surface area contributed by atoms with Crippen molar-refractivity contribution in [3.05, 3.63) is 52.6 Å². The molecule has 1 aromatic carbocycles. The van der Waals surface area contributed by atoms with E-state index >= 15 is 0 Å². The van der Waals surface area contributed by atoms with Crippen LogP contribution < -0.4 is 5.32 Å². The van der Waals surface area contributed by atoms with Gasteiger partial charge in [-0.2, -0.15) is 5.10 Å². The van der Waals surface area contributed by atoms with Crippen LogP contribution in [0.3, 0.4) is 0 Å². The first-order chi connectivity index (χ1) is 10.6. The summed E-state index contributed by atoms with van der Waals surface area (Å²) in [5, 5.41) is 10.4. The number of H-pyrrole nitrogens is 1. The van der Waals surface area contributed by atoms with Crippen LogP contribution in [0.15, 0.2) is 24.3 Å². The van der Waals surface area contributed by atoms with Gasteiger partial charge in [-0.15, -0.1) is 0 Å². The number of hydrogen-bond donors (Lipinski definition) is 2. The summed E-state index contributed by atoms with van der Waals surface area (Å²) in [7, 11) is 1.77. The van der Waals surface area contributed by atoms with Crippen LogP contribution in [0.2, 0.25) is 0 Å². The Balaban J connectivity index is 1.64. The molecule has 0 atom stereocenters. The zero-order valence-corrected chi connectivity index (χ0v) is 12.5. The van der Waals surface area contributed by atoms with E-state index in [4.69, 9.17) is 0 Å². The van der Waals surface area contributed by atoms with Crippen molar-refractivity contribution in [1.29, 1.82) is 0 Å². The van der Waals surface area contributed by atoms with Crippen LogP contribution in [0.4, 0.5) is 4.39 Å². The number of likely N-dealkylation sites (N-methyl/N-ethyl adjacent to an activating group) is 1. The van der Waals surface area contributed by atoms with Gasteiger partial charge in [0.25, 0.3) is 5.91 Å². The molecule has 5 nitrogen and oxygen atoms in total. The molecule has 2 heterocycles. The van der Waals surface area contributed by atoms with E-state index < -0.39 is 0 Å². The van der Waals surface area contributed by atoms with E-state index in [0.717, 1.165) is 29.8 Å². The molecule has 2 aromatic rings. The second-order valence-corrected chi connectivity index (χ2v) is 5.56. The standard InChI is InChI=1S/C16H19FN4O/c1-21(9-7-11-2-4-12(17)5-3-11)16(22)15-13-10-18-8-6-14(13)19-20-15/h2-5,18H,6-10H2,1H3,(H,19,20). The zero-order chi connectivity index (χ0) is 15.5. The van der Waals surface area contributed by atoms with Gasteiger partial charge >= 0.3 is 0 Å². The molecule has 0 aliphatic carbocycles. The minimum atomic E-state index is -0.246. The summed E-state index contributed by atoms with van der Waals surface area (Å²) >= 11 is 0. The molecule has 0 saturated heterocycles. The normalized spacial score (nSPS) is 13.7. The number of halogens is 1. The highest BCUT2D eigenvalue weighted by Crippen LogP contribution is 2.16. The molecule has 0 spiro atoms. The Labute approximate surface area is 128 Å². The SMILES string of the molecule is CN(CCc1ccc(F)cc1)C(=O)c1n[nH]c2c1CNCC2. The molecule has 1 aliphatic rings. The van der Waals surface area contributed by atoms with Gasteiger partial charge in [0.1, 0.15) is 5.82 Å². The molecule has 0 saturated carbocycles. The van der Waals surface area contributed by atoms with Crippen LogP contribution in [-0.4, -0.2) is 41.1 Å². The number of hydrogen-bond acceptors (Lipinski definition) is 3. The lowest BCUT2D eigenvalue weighted by Crippen LogP contribution is -2.31. The smallest absolute Gasteiger partial charge is 0.274 e. The van der Waals surface area contributed by atoms with Gasteiger partial charge in [-0.1, -0.05) is 12.1 Å². The molecule has 3 rings (SSSR count). The fraction of sp³-hybridized carbons (Fsp3) is 0.375. The highest BCUT2D eigenvalue weighted by molar-refractivity contribution is 5.93. The largest absolute Gasteiger partial charge is 0.340 e. The second-order valence-electron chi connectivity index (χ2n) is 5.56. The van der Waals surface area contributed by atoms with E-state index in [9.17, 15) is 9.18 Å². The van der Waals surface area contributed by atoms with Crippen LogP contribution in [0.25, 0.3) is 0 Å². The minimum Gasteiger partial charge on any atom is -0.340 e. The van der Waals surface area contributed by atoms with Gasteiger partial charge < -0.3 is 10.2 Å². The molecular weight excluding hydrogens is 283 g/mol. The monoisotopic (exact) mass is 302 g/mol. The Morgan fingerprint density at radius 2 is 2.14 bits per heavy atom. The van der Waals surface area contributed by atoms with E-state index in [2.05, 4.69) is 15.5 Å². The van der Waals surface area contributed by atoms with Crippen LogP contribution in [0, 0.1) is 5.82 Å². The summed E-state index contributed by atoms with van der Waals surface area (Å²) in [4.78, 5) is 14.2. The maximum atomic E-state index is 12.9. The summed E-state index contributed by atoms with van der Waals surface area (Å²) in [5.74, 6) is -0.327. The molecule has 22 heavy (non-hydrogen) atoms. The number of amides is 1. The summed E-state index contributed by atoms with van der Waals surface area (Å²) in [6.45, 7) is 2.15. The highest BCUT2D eigenvalue weighted by Gasteiger charge is 2.23. The Bertz CT molecular complexity index is 665. The average molecular weight is 302 g/mol. The lowest BCUT2D eigenvalue weighted by atomic mass is 10.1. The van der Waals surface area contributed by atoms with E-state index in [1.807, 2.05) is 0 Å². The number of carbonyl (C=O) groups excluding carboxylic acids is 1. The highest BCUT2D eigenvalue weighted by atomic mass is 19.1. The van der Waals surface area contributed by atoms with Gasteiger partial charge in [0.05, 0.1) is 0 Å². The van der Waals surface area contributed by atoms with Gasteiger partial charge in [0.15, 0.2) is 5.69 Å². The van der Waals surface area contributed by atoms with Crippen molar-refractivity contribution in [2.24, 2.45) is 0 Å². The first kappa shape index (κ1) is 14.7. The first-order valence-electron chi connectivity index (χ1n) is 7.42. The van der Waals surface area contributed by atoms with E-state index in [1.54, 1.807) is 24.1 Å². The number of aromatic nitrogens is 2. The average Bonchev–Trinajstić information content (AvgIpc) is 2.97. The lowest BCUT2D eigenvalue weighted by Gasteiger charge is -2.18. The molecule has 1 aliphatic heterocycles. The number of aromatic amines is 1. The molecule has 1 aromatic heterocycles. The molecular formula is C16H19FN4O. The third-order valence-electron chi connectivity index (χ3n) is 4.00. The minimum absolute atomic E-state index is 0.0803. The topological polar surface area (TPSA) is 61.0 Å². The van der Waals surface area contributed by atoms with Crippen molar-refractivity contribution >= 4 is 5.91 Å². The molecule has 0 bridgehead atoms. The van der Waals surface area contributed by atoms with Gasteiger partial charge in [-0.25, -0.2) is 4.39 Å². The zero-order valence-electron chi connectivity index (χ0n) is 12.5. The Hall–Kier alpha value is -2.21. The van der Waals surface area contributed by atoms with Crippen molar-refractivity contribution in [1.82, 2.24) is 20.4 Å². The number of nitrogens with one attached hydrogen (secondary N) is 2. The quantitative estimate of drug-likeness (QED) is 0.900. The van der Waals surface area contributed by atoms with Crippen LogP contribution in [-0.2, 0) is 19.4 Å². The number of benzene rings is 1. The Kier molecular flexibility index (Phi) is 4.20. The number of carbonyl (C=O) groups is 1. The predicted octanol–water partition coefficient (Wildman–Crippen LogP) is 1.51. The number of nitrogens with zero attached hydrogens (tertiary/aromatic N) is 2. The van der Waals surface area contributed by atoms with Gasteiger partial charge in [-0.3, -0.25) is 9.89 Å². The number of rotatable bonds is 4. The Morgan fingerprint density at radius 3 is 2.91 bits per heavy atom. The van der Waals surface area contributed by atoms with Gasteiger partial charge in [0.2, 0.25) is 0 Å². The third-order valence-corrected chi connectivity index (χ3v) is 4.00. The molecule has 0 unspecified atom stereocenters. The molecule has 2 N–H and O–H groups in total. The molecule has 1 amide bonds. The molecule has 116 valence electrons. The summed E-state index contributed by atoms with van der Waals surface area (Å²) in [5.41, 5.74) is 3.54. The maximum absolute atomic E-state index is 12.9. The first-order valence-corrected chi connectivity index (χ1v) is 7.42. The summed E-state index contributed by atoms with van der Waals surface area (Å²) in [6, 6.07) is 6.36. The Morgan fingerprint density at radius 1 is 1.36 bits per heavy atom. The lowest BCUT2D eigenvalue weighted by molar-refractivity contribution is 0.0789. The summed E-state index contributed by atoms with van der Waals surface area (Å²) in [6.07, 6.45) is 1.56. The maximum Gasteiger partial charge on any atom is 0.274 e. The van der Waals surface area contributed by atoms with Crippen LogP contribution in [0.5, 0.6) is 0 Å². The molecule has 6 heteroatoms. The summed E-state index contributed by atoms with van der Waals surface area (Å²) < 4.78 is 12.9. The van der Waals surface area contributed by atoms with E-state index in [1.165, 1.54) is 12.1 Å². The van der Waals surface area contributed by atoms with Gasteiger partial charge in [-0.05, 0) is 24.1 Å². The molecule has 0 radical (unpaired) electrons. The fourth-order valence-corrected chi connectivity index (χ4v) is 2.63. The van der Waals surface area contributed by atoms with Gasteiger partial charge in [0, 0.05) is 44.4 Å². The van der Waals surface area contributed by atoms with Crippen molar-refractivity contribution in [3.8, 4) is 0 Å². The van der Waals surface area contributed by atoms with Crippen LogP contribution >= 0.6 is 0 Å². The number of fused-ring (bicyclic) bond motifs is 1. The van der Waals surface area contributed by atoms with Crippen LogP contribution in [0.1, 0.15) is 27.3 Å². The van der Waals surface area contributed by atoms with Crippen molar-refractivity contribution < 1.29 is 9.18 Å².